The van der Waals surface area contributed by atoms with Crippen LogP contribution in [-0.2, 0) is 0 Å². The van der Waals surface area contributed by atoms with Crippen LogP contribution in [0.4, 0.5) is 0 Å². The summed E-state index contributed by atoms with van der Waals surface area (Å²) < 4.78 is 0. The van der Waals surface area contributed by atoms with Crippen LogP contribution in [0.3, 0.4) is 0 Å². The van der Waals surface area contributed by atoms with Gasteiger partial charge in [0.25, 0.3) is 0 Å². The van der Waals surface area contributed by atoms with Gasteiger partial charge in [0.2, 0.25) is 0 Å². The monoisotopic (exact) mass is 223 g/mol. The molecule has 2 heteroatoms. The molecule has 0 bridgehead atoms. The van der Waals surface area contributed by atoms with Crippen molar-refractivity contribution in [3.63, 3.8) is 0 Å². The molecule has 1 aliphatic heterocycles. The zero-order valence-electron chi connectivity index (χ0n) is 11.0. The molecule has 1 saturated heterocycles. The summed E-state index contributed by atoms with van der Waals surface area (Å²) in [7, 11) is 0. The molecule has 0 atom stereocenters. The van der Waals surface area contributed by atoms with Crippen molar-refractivity contribution in [3.8, 4) is 0 Å². The van der Waals surface area contributed by atoms with Crippen molar-refractivity contribution in [1.82, 2.24) is 5.32 Å². The molecule has 0 saturated carbocycles. The first-order valence-electron chi connectivity index (χ1n) is 5.91. The van der Waals surface area contributed by atoms with Gasteiger partial charge in [0.15, 0.2) is 0 Å². The lowest BCUT2D eigenvalue weighted by atomic mass is 9.93. The fourth-order valence-electron chi connectivity index (χ4n) is 1.18. The van der Waals surface area contributed by atoms with E-state index in [0.29, 0.717) is 5.54 Å². The first-order valence-corrected chi connectivity index (χ1v) is 5.91. The molecule has 2 N–H and O–H groups in total. The van der Waals surface area contributed by atoms with Crippen molar-refractivity contribution in [1.29, 1.82) is 0 Å². The smallest absolute Gasteiger partial charge is 0.0791 e. The summed E-state index contributed by atoms with van der Waals surface area (Å²) in [6, 6.07) is 0. The summed E-state index contributed by atoms with van der Waals surface area (Å²) in [5.74, 6) is 0. The van der Waals surface area contributed by atoms with Gasteiger partial charge in [0.1, 0.15) is 0 Å². The molecule has 0 aromatic heterocycles. The number of rotatable bonds is 3. The van der Waals surface area contributed by atoms with Crippen LogP contribution in [0.5, 0.6) is 0 Å². The molecule has 1 rings (SSSR count). The third kappa shape index (κ3) is 8.30. The van der Waals surface area contributed by atoms with Gasteiger partial charge in [-0.05, 0) is 46.2 Å². The zero-order chi connectivity index (χ0) is 12.4. The topological polar surface area (TPSA) is 32.3 Å². The van der Waals surface area contributed by atoms with Crippen molar-refractivity contribution in [2.24, 2.45) is 0 Å². The second-order valence-corrected chi connectivity index (χ2v) is 4.62. The van der Waals surface area contributed by atoms with E-state index in [9.17, 15) is 0 Å². The lowest BCUT2D eigenvalue weighted by Crippen LogP contribution is -2.51. The van der Waals surface area contributed by atoms with Gasteiger partial charge >= 0.3 is 0 Å². The van der Waals surface area contributed by atoms with Crippen molar-refractivity contribution < 1.29 is 5.11 Å². The Kier molecular flexibility index (Phi) is 7.65. The minimum absolute atomic E-state index is 0.472. The Labute approximate surface area is 99.8 Å². The maximum absolute atomic E-state index is 8.29. The van der Waals surface area contributed by atoms with Gasteiger partial charge in [-0.3, -0.25) is 0 Å². The molecular formula is C14H25NO. The highest BCUT2D eigenvalue weighted by Gasteiger charge is 2.23. The Bertz CT molecular complexity index is 256. The van der Waals surface area contributed by atoms with E-state index in [4.69, 9.17) is 5.11 Å². The second-order valence-electron chi connectivity index (χ2n) is 4.62. The van der Waals surface area contributed by atoms with Crippen LogP contribution in [0.1, 0.15) is 40.5 Å². The Morgan fingerprint density at radius 3 is 2.31 bits per heavy atom. The van der Waals surface area contributed by atoms with E-state index in [1.807, 2.05) is 19.1 Å². The maximum Gasteiger partial charge on any atom is 0.0791 e. The largest absolute Gasteiger partial charge is 0.516 e. The minimum Gasteiger partial charge on any atom is -0.516 e. The Balaban J connectivity index is 0.000000315. The molecule has 0 radical (unpaired) electrons. The number of aliphatic hydroxyl groups is 1. The molecule has 0 spiro atoms. The molecular weight excluding hydrogens is 198 g/mol. The van der Waals surface area contributed by atoms with Crippen molar-refractivity contribution in [2.75, 3.05) is 6.54 Å². The fourth-order valence-corrected chi connectivity index (χ4v) is 1.18. The van der Waals surface area contributed by atoms with Crippen LogP contribution in [0, 0.1) is 0 Å². The second kappa shape index (κ2) is 8.17. The summed E-state index contributed by atoms with van der Waals surface area (Å²) in [6.45, 7) is 9.73. The quantitative estimate of drug-likeness (QED) is 0.564. The molecule has 2 nitrogen and oxygen atoms in total. The molecule has 0 aromatic carbocycles. The summed E-state index contributed by atoms with van der Waals surface area (Å²) >= 11 is 0. The van der Waals surface area contributed by atoms with Crippen molar-refractivity contribution in [2.45, 2.75) is 46.1 Å². The summed E-state index contributed by atoms with van der Waals surface area (Å²) in [6.07, 6.45) is 11.0. The van der Waals surface area contributed by atoms with Gasteiger partial charge in [-0.1, -0.05) is 30.7 Å². The normalized spacial score (nSPS) is 19.4. The molecule has 0 aliphatic carbocycles. The highest BCUT2D eigenvalue weighted by molar-refractivity contribution is 5.20. The van der Waals surface area contributed by atoms with Crippen LogP contribution in [-0.4, -0.2) is 17.2 Å². The highest BCUT2D eigenvalue weighted by atomic mass is 16.2. The fraction of sp³-hybridized carbons (Fsp3) is 0.571. The Hall–Kier alpha value is -1.02. The molecule has 0 amide bonds. The first kappa shape index (κ1) is 15.0. The lowest BCUT2D eigenvalue weighted by Gasteiger charge is -2.35. The first-order chi connectivity index (χ1) is 7.52. The zero-order valence-corrected chi connectivity index (χ0v) is 11.0. The number of nitrogens with one attached hydrogen (secondary N) is 1. The predicted octanol–water partition coefficient (Wildman–Crippen LogP) is 3.73. The molecule has 1 fully saturated rings. The van der Waals surface area contributed by atoms with Crippen LogP contribution in [0.15, 0.2) is 36.1 Å². The molecule has 1 heterocycles. The van der Waals surface area contributed by atoms with Gasteiger partial charge in [0.05, 0.1) is 6.26 Å². The standard InChI is InChI=1S/C9H14O.C5H11N/c1-3-4-6-9(2)7-5-8-10;1-5(2)3-4-6-5/h4-8,10H,3H2,1-2H3;6H,3-4H2,1-2H3/b6-4+,8-5-,9-7-;. The van der Waals surface area contributed by atoms with Gasteiger partial charge in [-0.15, -0.1) is 0 Å². The Morgan fingerprint density at radius 2 is 2.00 bits per heavy atom. The lowest BCUT2D eigenvalue weighted by molar-refractivity contribution is 0.260. The summed E-state index contributed by atoms with van der Waals surface area (Å²) in [4.78, 5) is 0. The third-order valence-electron chi connectivity index (χ3n) is 2.42. The molecule has 1 aliphatic rings. The van der Waals surface area contributed by atoms with Crippen molar-refractivity contribution >= 4 is 0 Å². The van der Waals surface area contributed by atoms with Gasteiger partial charge < -0.3 is 10.4 Å². The highest BCUT2D eigenvalue weighted by Crippen LogP contribution is 2.14. The molecule has 0 unspecified atom stereocenters. The summed E-state index contributed by atoms with van der Waals surface area (Å²) in [5, 5.41) is 11.6. The van der Waals surface area contributed by atoms with Crippen LogP contribution >= 0.6 is 0 Å². The number of hydrogen-bond donors (Lipinski definition) is 2. The van der Waals surface area contributed by atoms with Crippen LogP contribution in [0.2, 0.25) is 0 Å². The van der Waals surface area contributed by atoms with E-state index in [2.05, 4.69) is 32.2 Å². The van der Waals surface area contributed by atoms with Gasteiger partial charge in [-0.2, -0.15) is 0 Å². The van der Waals surface area contributed by atoms with E-state index in [1.54, 1.807) is 6.08 Å². The van der Waals surface area contributed by atoms with Crippen molar-refractivity contribution in [3.05, 3.63) is 36.1 Å². The molecule has 16 heavy (non-hydrogen) atoms. The molecule has 92 valence electrons. The number of aliphatic hydroxyl groups excluding tert-OH is 1. The van der Waals surface area contributed by atoms with Crippen LogP contribution < -0.4 is 5.32 Å². The Morgan fingerprint density at radius 1 is 1.44 bits per heavy atom. The van der Waals surface area contributed by atoms with E-state index >= 15 is 0 Å². The van der Waals surface area contributed by atoms with Crippen LogP contribution in [0.25, 0.3) is 0 Å². The third-order valence-corrected chi connectivity index (χ3v) is 2.42. The van der Waals surface area contributed by atoms with E-state index in [-0.39, 0.29) is 0 Å². The molecule has 0 aromatic rings. The van der Waals surface area contributed by atoms with Gasteiger partial charge in [0, 0.05) is 5.54 Å². The maximum atomic E-state index is 8.29. The predicted molar refractivity (Wildman–Crippen MR) is 71.7 cm³/mol. The number of hydrogen-bond acceptors (Lipinski definition) is 2. The average Bonchev–Trinajstić information content (AvgIpc) is 2.22. The van der Waals surface area contributed by atoms with Gasteiger partial charge in [-0.25, -0.2) is 0 Å². The van der Waals surface area contributed by atoms with E-state index in [0.717, 1.165) is 18.3 Å². The number of allylic oxidation sites excluding steroid dienone is 5. The van der Waals surface area contributed by atoms with E-state index < -0.39 is 0 Å². The SMILES string of the molecule is CC/C=C/C(C)=C\C=C/O.CC1(C)CCN1. The van der Waals surface area contributed by atoms with E-state index in [1.165, 1.54) is 13.0 Å². The summed E-state index contributed by atoms with van der Waals surface area (Å²) in [5.41, 5.74) is 1.62. The minimum atomic E-state index is 0.472. The average molecular weight is 223 g/mol.